The minimum Gasteiger partial charge on any atom is -0.329 e. The van der Waals surface area contributed by atoms with Crippen LogP contribution in [0.4, 0.5) is 23.7 Å². The number of amides is 2. The summed E-state index contributed by atoms with van der Waals surface area (Å²) in [5.41, 5.74) is 5.84. The molecule has 0 saturated heterocycles. The van der Waals surface area contributed by atoms with Crippen LogP contribution in [-0.4, -0.2) is 39.9 Å². The molecule has 30 heavy (non-hydrogen) atoms. The van der Waals surface area contributed by atoms with Crippen molar-refractivity contribution in [3.8, 4) is 11.3 Å². The Morgan fingerprint density at radius 3 is 2.77 bits per heavy atom. The summed E-state index contributed by atoms with van der Waals surface area (Å²) < 4.78 is 38.6. The zero-order chi connectivity index (χ0) is 21.7. The van der Waals surface area contributed by atoms with E-state index >= 15 is 0 Å². The average molecular weight is 421 g/mol. The van der Waals surface area contributed by atoms with E-state index in [1.165, 1.54) is 0 Å². The highest BCUT2D eigenvalue weighted by atomic mass is 19.4. The van der Waals surface area contributed by atoms with Gasteiger partial charge in [0.2, 0.25) is 0 Å². The van der Waals surface area contributed by atoms with Crippen molar-refractivity contribution in [1.82, 2.24) is 20.2 Å². The first-order valence-electron chi connectivity index (χ1n) is 9.36. The first kappa shape index (κ1) is 21.6. The van der Waals surface area contributed by atoms with Gasteiger partial charge in [-0.1, -0.05) is 19.1 Å². The Hall–Kier alpha value is -3.11. The van der Waals surface area contributed by atoms with E-state index in [9.17, 15) is 18.0 Å². The third-order valence-electron chi connectivity index (χ3n) is 4.70. The van der Waals surface area contributed by atoms with Crippen LogP contribution in [0.5, 0.6) is 0 Å². The number of imidazole rings is 1. The van der Waals surface area contributed by atoms with Gasteiger partial charge in [0.15, 0.2) is 0 Å². The Morgan fingerprint density at radius 2 is 2.07 bits per heavy atom. The lowest BCUT2D eigenvalue weighted by Gasteiger charge is -2.14. The Morgan fingerprint density at radius 1 is 1.27 bits per heavy atom. The highest BCUT2D eigenvalue weighted by Gasteiger charge is 2.27. The van der Waals surface area contributed by atoms with Crippen LogP contribution in [0.3, 0.4) is 0 Å². The van der Waals surface area contributed by atoms with Gasteiger partial charge >= 0.3 is 12.2 Å². The first-order chi connectivity index (χ1) is 14.3. The van der Waals surface area contributed by atoms with Crippen LogP contribution in [-0.2, 0) is 0 Å². The molecule has 4 N–H and O–H groups in total. The minimum absolute atomic E-state index is 0.142. The van der Waals surface area contributed by atoms with Gasteiger partial charge in [0.1, 0.15) is 12.2 Å². The lowest BCUT2D eigenvalue weighted by Crippen LogP contribution is -2.36. The smallest absolute Gasteiger partial charge is 0.329 e. The number of alkyl halides is 3. The van der Waals surface area contributed by atoms with E-state index in [4.69, 9.17) is 5.21 Å². The SMILES string of the molecule is CCC(CNO)c1ccn2c(-c3cccc(NC(=O)NCC(F)(F)F)c3)cnc2c1. The van der Waals surface area contributed by atoms with E-state index < -0.39 is 18.8 Å². The number of hydrogen-bond donors (Lipinski definition) is 4. The van der Waals surface area contributed by atoms with Crippen molar-refractivity contribution >= 4 is 17.4 Å². The second kappa shape index (κ2) is 9.14. The summed E-state index contributed by atoms with van der Waals surface area (Å²) in [5, 5.41) is 13.2. The molecule has 1 aromatic carbocycles. The maximum Gasteiger partial charge on any atom is 0.405 e. The maximum atomic E-state index is 12.2. The van der Waals surface area contributed by atoms with Crippen molar-refractivity contribution in [3.63, 3.8) is 0 Å². The molecule has 2 heterocycles. The standard InChI is InChI=1S/C20H22F3N5O2/c1-2-13(10-26-30)14-6-7-28-17(11-24-18(28)9-14)15-4-3-5-16(8-15)27-19(29)25-12-20(21,22)23/h3-9,11,13,26,30H,2,10,12H2,1H3,(H2,25,27,29). The number of carbonyl (C=O) groups is 1. The number of hydroxylamine groups is 1. The van der Waals surface area contributed by atoms with Crippen LogP contribution in [0.15, 0.2) is 48.8 Å². The molecule has 0 saturated carbocycles. The molecule has 2 amide bonds. The molecule has 0 aliphatic rings. The van der Waals surface area contributed by atoms with Gasteiger partial charge in [0.25, 0.3) is 0 Å². The van der Waals surface area contributed by atoms with E-state index in [2.05, 4.69) is 15.8 Å². The number of carbonyl (C=O) groups excluding carboxylic acids is 1. The summed E-state index contributed by atoms with van der Waals surface area (Å²) >= 11 is 0. The quantitative estimate of drug-likeness (QED) is 0.431. The number of urea groups is 1. The number of halogens is 3. The molecule has 160 valence electrons. The summed E-state index contributed by atoms with van der Waals surface area (Å²) in [6, 6.07) is 9.73. The summed E-state index contributed by atoms with van der Waals surface area (Å²) in [5.74, 6) is 0.142. The molecule has 0 aliphatic heterocycles. The van der Waals surface area contributed by atoms with Crippen LogP contribution < -0.4 is 16.1 Å². The summed E-state index contributed by atoms with van der Waals surface area (Å²) in [4.78, 5) is 16.1. The number of pyridine rings is 1. The third kappa shape index (κ3) is 5.28. The van der Waals surface area contributed by atoms with Crippen molar-refractivity contribution in [2.24, 2.45) is 0 Å². The highest BCUT2D eigenvalue weighted by Crippen LogP contribution is 2.26. The van der Waals surface area contributed by atoms with Crippen LogP contribution in [0.1, 0.15) is 24.8 Å². The van der Waals surface area contributed by atoms with Gasteiger partial charge in [-0.25, -0.2) is 15.3 Å². The second-order valence-corrected chi connectivity index (χ2v) is 6.80. The molecule has 0 fully saturated rings. The lowest BCUT2D eigenvalue weighted by atomic mass is 9.98. The van der Waals surface area contributed by atoms with E-state index in [-0.39, 0.29) is 5.92 Å². The fourth-order valence-corrected chi connectivity index (χ4v) is 3.18. The number of hydrogen-bond acceptors (Lipinski definition) is 4. The van der Waals surface area contributed by atoms with Crippen LogP contribution in [0.2, 0.25) is 0 Å². The van der Waals surface area contributed by atoms with Crippen molar-refractivity contribution < 1.29 is 23.2 Å². The van der Waals surface area contributed by atoms with Crippen LogP contribution >= 0.6 is 0 Å². The summed E-state index contributed by atoms with van der Waals surface area (Å²) in [6.45, 7) is 1.07. The predicted octanol–water partition coefficient (Wildman–Crippen LogP) is 4.16. The molecule has 0 radical (unpaired) electrons. The highest BCUT2D eigenvalue weighted by molar-refractivity contribution is 5.90. The van der Waals surface area contributed by atoms with Crippen LogP contribution in [0, 0.1) is 0 Å². The molecule has 0 aliphatic carbocycles. The Bertz CT molecular complexity index is 1020. The lowest BCUT2D eigenvalue weighted by molar-refractivity contribution is -0.122. The fourth-order valence-electron chi connectivity index (χ4n) is 3.18. The molecule has 3 rings (SSSR count). The van der Waals surface area contributed by atoms with Crippen molar-refractivity contribution in [2.75, 3.05) is 18.4 Å². The van der Waals surface area contributed by atoms with Gasteiger partial charge < -0.3 is 15.8 Å². The van der Waals surface area contributed by atoms with Crippen molar-refractivity contribution in [3.05, 3.63) is 54.4 Å². The molecule has 10 heteroatoms. The molecular formula is C20H22F3N5O2. The Balaban J connectivity index is 1.81. The van der Waals surface area contributed by atoms with E-state index in [1.807, 2.05) is 35.7 Å². The largest absolute Gasteiger partial charge is 0.405 e. The van der Waals surface area contributed by atoms with Crippen molar-refractivity contribution in [2.45, 2.75) is 25.4 Å². The molecule has 7 nitrogen and oxygen atoms in total. The number of fused-ring (bicyclic) bond motifs is 1. The van der Waals surface area contributed by atoms with Crippen LogP contribution in [0.25, 0.3) is 16.9 Å². The Labute approximate surface area is 170 Å². The zero-order valence-corrected chi connectivity index (χ0v) is 16.2. The van der Waals surface area contributed by atoms with E-state index in [1.54, 1.807) is 29.7 Å². The van der Waals surface area contributed by atoms with E-state index in [0.29, 0.717) is 12.2 Å². The number of anilines is 1. The van der Waals surface area contributed by atoms with E-state index in [0.717, 1.165) is 28.9 Å². The monoisotopic (exact) mass is 421 g/mol. The van der Waals surface area contributed by atoms with Gasteiger partial charge in [0, 0.05) is 24.0 Å². The molecule has 0 bridgehead atoms. The zero-order valence-electron chi connectivity index (χ0n) is 16.2. The normalized spacial score (nSPS) is 12.7. The summed E-state index contributed by atoms with van der Waals surface area (Å²) in [6.07, 6.45) is -0.0592. The molecule has 3 aromatic rings. The first-order valence-corrected chi connectivity index (χ1v) is 9.36. The number of nitrogens with one attached hydrogen (secondary N) is 3. The number of aromatic nitrogens is 2. The second-order valence-electron chi connectivity index (χ2n) is 6.80. The topological polar surface area (TPSA) is 90.7 Å². The number of rotatable bonds is 7. The van der Waals surface area contributed by atoms with Gasteiger partial charge in [-0.15, -0.1) is 0 Å². The number of benzene rings is 1. The van der Waals surface area contributed by atoms with Gasteiger partial charge in [-0.05, 0) is 42.2 Å². The summed E-state index contributed by atoms with van der Waals surface area (Å²) in [7, 11) is 0. The maximum absolute atomic E-state index is 12.2. The van der Waals surface area contributed by atoms with Gasteiger partial charge in [-0.3, -0.25) is 4.40 Å². The molecular weight excluding hydrogens is 399 g/mol. The predicted molar refractivity (Wildman–Crippen MR) is 107 cm³/mol. The van der Waals surface area contributed by atoms with Gasteiger partial charge in [-0.2, -0.15) is 13.2 Å². The third-order valence-corrected chi connectivity index (χ3v) is 4.70. The number of nitrogens with zero attached hydrogens (tertiary/aromatic N) is 2. The molecule has 0 spiro atoms. The minimum atomic E-state index is -4.47. The average Bonchev–Trinajstić information content (AvgIpc) is 3.13. The Kier molecular flexibility index (Phi) is 6.58. The molecule has 1 unspecified atom stereocenters. The van der Waals surface area contributed by atoms with Gasteiger partial charge in [0.05, 0.1) is 11.9 Å². The molecule has 1 atom stereocenters. The van der Waals surface area contributed by atoms with Crippen molar-refractivity contribution in [1.29, 1.82) is 0 Å². The fraction of sp³-hybridized carbons (Fsp3) is 0.300. The molecule has 2 aromatic heterocycles.